The van der Waals surface area contributed by atoms with E-state index < -0.39 is 12.1 Å². The molecule has 3 heterocycles. The Labute approximate surface area is 211 Å². The maximum atomic E-state index is 10.6. The smallest absolute Gasteiger partial charge is 0.475 e. The first-order chi connectivity index (χ1) is 16.5. The topological polar surface area (TPSA) is 91.7 Å². The second kappa shape index (κ2) is 12.2. The number of morpholine rings is 1. The molecule has 0 aliphatic carbocycles. The third-order valence-corrected chi connectivity index (χ3v) is 6.32. The zero-order valence-corrected chi connectivity index (χ0v) is 20.5. The molecule has 1 aromatic carbocycles. The summed E-state index contributed by atoms with van der Waals surface area (Å²) in [5, 5.41) is 8.15. The standard InChI is InChI=1S/C20H25Cl2N5O.C2HF3O2/c1-14-11-27(18(12-28-14)10-15-2-4-16(21)5-3-15)17-6-8-26(9-7-17)20-24-13-23-19(22)25-20;3-2(4,5)1(6)7/h2-5,13-14,17-18H,6-12H2,1H3;(H,6,7)/t14-,18-;/m0./s1. The van der Waals surface area contributed by atoms with Crippen molar-refractivity contribution in [1.29, 1.82) is 0 Å². The second-order valence-corrected chi connectivity index (χ2v) is 9.18. The molecule has 0 amide bonds. The van der Waals surface area contributed by atoms with Crippen molar-refractivity contribution in [2.45, 2.75) is 50.6 Å². The Hall–Kier alpha value is -2.21. The number of ether oxygens (including phenoxy) is 1. The lowest BCUT2D eigenvalue weighted by molar-refractivity contribution is -0.192. The average molecular weight is 536 g/mol. The Bertz CT molecular complexity index is 976. The Morgan fingerprint density at radius 1 is 1.17 bits per heavy atom. The van der Waals surface area contributed by atoms with Crippen LogP contribution in [0.15, 0.2) is 30.6 Å². The molecule has 2 atom stereocenters. The van der Waals surface area contributed by atoms with Gasteiger partial charge < -0.3 is 14.7 Å². The number of anilines is 1. The molecule has 1 aromatic heterocycles. The zero-order chi connectivity index (χ0) is 25.6. The summed E-state index contributed by atoms with van der Waals surface area (Å²) >= 11 is 12.0. The van der Waals surface area contributed by atoms with Crippen molar-refractivity contribution in [2.75, 3.05) is 31.1 Å². The molecule has 0 spiro atoms. The van der Waals surface area contributed by atoms with Crippen LogP contribution in [-0.4, -0.2) is 81.5 Å². The summed E-state index contributed by atoms with van der Waals surface area (Å²) in [5.74, 6) is -2.08. The highest BCUT2D eigenvalue weighted by molar-refractivity contribution is 6.30. The maximum absolute atomic E-state index is 10.6. The van der Waals surface area contributed by atoms with Gasteiger partial charge >= 0.3 is 12.1 Å². The fourth-order valence-corrected chi connectivity index (χ4v) is 4.45. The summed E-state index contributed by atoms with van der Waals surface area (Å²) in [7, 11) is 0. The normalized spacial score (nSPS) is 21.8. The van der Waals surface area contributed by atoms with Gasteiger partial charge in [0.05, 0.1) is 12.7 Å². The first kappa shape index (κ1) is 27.4. The quantitative estimate of drug-likeness (QED) is 0.625. The van der Waals surface area contributed by atoms with Crippen LogP contribution in [0, 0.1) is 0 Å². The highest BCUT2D eigenvalue weighted by Crippen LogP contribution is 2.26. The van der Waals surface area contributed by atoms with E-state index in [4.69, 9.17) is 37.8 Å². The molecular formula is C22H26Cl2F3N5O3. The lowest BCUT2D eigenvalue weighted by atomic mass is 9.96. The second-order valence-electron chi connectivity index (χ2n) is 8.40. The molecule has 13 heteroatoms. The third-order valence-electron chi connectivity index (χ3n) is 5.88. The summed E-state index contributed by atoms with van der Waals surface area (Å²) in [5.41, 5.74) is 1.30. The Morgan fingerprint density at radius 2 is 1.80 bits per heavy atom. The number of nitrogens with zero attached hydrogens (tertiary/aromatic N) is 5. The SMILES string of the molecule is C[C@H]1CN(C2CCN(c3ncnc(Cl)n3)CC2)[C@@H](Cc2ccc(Cl)cc2)CO1.O=C(O)C(F)(F)F. The van der Waals surface area contributed by atoms with Gasteiger partial charge in [-0.2, -0.15) is 18.2 Å². The van der Waals surface area contributed by atoms with Crippen LogP contribution in [0.4, 0.5) is 19.1 Å². The number of halogens is 5. The number of piperidine rings is 1. The molecule has 0 unspecified atom stereocenters. The van der Waals surface area contributed by atoms with Gasteiger partial charge in [-0.15, -0.1) is 0 Å². The summed E-state index contributed by atoms with van der Waals surface area (Å²) in [6.45, 7) is 5.75. The van der Waals surface area contributed by atoms with E-state index in [9.17, 15) is 13.2 Å². The van der Waals surface area contributed by atoms with Crippen molar-refractivity contribution in [2.24, 2.45) is 0 Å². The number of carboxylic acids is 1. The number of aromatic nitrogens is 3. The van der Waals surface area contributed by atoms with Crippen molar-refractivity contribution in [3.8, 4) is 0 Å². The van der Waals surface area contributed by atoms with E-state index in [0.29, 0.717) is 18.0 Å². The highest BCUT2D eigenvalue weighted by atomic mass is 35.5. The van der Waals surface area contributed by atoms with E-state index in [0.717, 1.165) is 50.5 Å². The van der Waals surface area contributed by atoms with Crippen LogP contribution in [0.3, 0.4) is 0 Å². The number of rotatable bonds is 4. The molecule has 2 aliphatic heterocycles. The number of hydrogen-bond donors (Lipinski definition) is 1. The molecule has 2 fully saturated rings. The van der Waals surface area contributed by atoms with Gasteiger partial charge in [-0.05, 0) is 55.5 Å². The molecule has 8 nitrogen and oxygen atoms in total. The van der Waals surface area contributed by atoms with E-state index in [1.807, 2.05) is 12.1 Å². The fourth-order valence-electron chi connectivity index (χ4n) is 4.20. The predicted octanol–water partition coefficient (Wildman–Crippen LogP) is 4.11. The first-order valence-corrected chi connectivity index (χ1v) is 11.8. The minimum atomic E-state index is -5.08. The summed E-state index contributed by atoms with van der Waals surface area (Å²) in [6, 6.07) is 9.09. The molecule has 4 rings (SSSR count). The molecule has 192 valence electrons. The van der Waals surface area contributed by atoms with Gasteiger partial charge in [-0.1, -0.05) is 23.7 Å². The van der Waals surface area contributed by atoms with Crippen LogP contribution in [0.5, 0.6) is 0 Å². The fraction of sp³-hybridized carbons (Fsp3) is 0.545. The van der Waals surface area contributed by atoms with Crippen LogP contribution in [0.1, 0.15) is 25.3 Å². The molecule has 0 saturated carbocycles. The van der Waals surface area contributed by atoms with Gasteiger partial charge in [0.25, 0.3) is 0 Å². The monoisotopic (exact) mass is 535 g/mol. The van der Waals surface area contributed by atoms with Gasteiger partial charge in [0.1, 0.15) is 6.33 Å². The van der Waals surface area contributed by atoms with Gasteiger partial charge in [0, 0.05) is 36.7 Å². The van der Waals surface area contributed by atoms with Crippen molar-refractivity contribution in [3.05, 3.63) is 46.5 Å². The van der Waals surface area contributed by atoms with Gasteiger partial charge in [-0.3, -0.25) is 4.90 Å². The van der Waals surface area contributed by atoms with E-state index in [1.165, 1.54) is 11.9 Å². The van der Waals surface area contributed by atoms with E-state index >= 15 is 0 Å². The Balaban J connectivity index is 0.000000429. The minimum absolute atomic E-state index is 0.247. The largest absolute Gasteiger partial charge is 0.490 e. The lowest BCUT2D eigenvalue weighted by Crippen LogP contribution is -2.56. The molecule has 1 N–H and O–H groups in total. The van der Waals surface area contributed by atoms with Gasteiger partial charge in [-0.25, -0.2) is 14.8 Å². The summed E-state index contributed by atoms with van der Waals surface area (Å²) < 4.78 is 37.7. The highest BCUT2D eigenvalue weighted by Gasteiger charge is 2.38. The van der Waals surface area contributed by atoms with Crippen molar-refractivity contribution in [3.63, 3.8) is 0 Å². The van der Waals surface area contributed by atoms with Crippen molar-refractivity contribution >= 4 is 35.1 Å². The summed E-state index contributed by atoms with van der Waals surface area (Å²) in [4.78, 5) is 26.1. The van der Waals surface area contributed by atoms with Gasteiger partial charge in [0.15, 0.2) is 0 Å². The number of alkyl halides is 3. The minimum Gasteiger partial charge on any atom is -0.475 e. The number of benzene rings is 1. The number of hydrogen-bond acceptors (Lipinski definition) is 7. The summed E-state index contributed by atoms with van der Waals surface area (Å²) in [6.07, 6.45) is -0.211. The molecule has 2 saturated heterocycles. The average Bonchev–Trinajstić information content (AvgIpc) is 2.81. The van der Waals surface area contributed by atoms with Crippen LogP contribution >= 0.6 is 23.2 Å². The van der Waals surface area contributed by atoms with Crippen molar-refractivity contribution in [1.82, 2.24) is 19.9 Å². The molecule has 35 heavy (non-hydrogen) atoms. The van der Waals surface area contributed by atoms with Crippen LogP contribution < -0.4 is 4.90 Å². The maximum Gasteiger partial charge on any atom is 0.490 e. The molecule has 0 radical (unpaired) electrons. The first-order valence-electron chi connectivity index (χ1n) is 11.0. The van der Waals surface area contributed by atoms with Crippen LogP contribution in [0.25, 0.3) is 0 Å². The molecule has 0 bridgehead atoms. The van der Waals surface area contributed by atoms with E-state index in [-0.39, 0.29) is 11.4 Å². The molecule has 2 aromatic rings. The third kappa shape index (κ3) is 8.16. The molecule has 2 aliphatic rings. The van der Waals surface area contributed by atoms with Crippen molar-refractivity contribution < 1.29 is 27.8 Å². The Kier molecular flexibility index (Phi) is 9.51. The number of carbonyl (C=O) groups is 1. The van der Waals surface area contributed by atoms with E-state index in [1.54, 1.807) is 0 Å². The molecular weight excluding hydrogens is 510 g/mol. The van der Waals surface area contributed by atoms with Crippen LogP contribution in [0.2, 0.25) is 10.3 Å². The zero-order valence-electron chi connectivity index (χ0n) is 19.0. The lowest BCUT2D eigenvalue weighted by Gasteiger charge is -2.46. The number of aliphatic carboxylic acids is 1. The van der Waals surface area contributed by atoms with Crippen LogP contribution in [-0.2, 0) is 16.0 Å². The number of carboxylic acid groups (broad SMARTS) is 1. The van der Waals surface area contributed by atoms with E-state index in [2.05, 4.69) is 43.8 Å². The Morgan fingerprint density at radius 3 is 2.37 bits per heavy atom. The predicted molar refractivity (Wildman–Crippen MR) is 125 cm³/mol. The van der Waals surface area contributed by atoms with Gasteiger partial charge in [0.2, 0.25) is 11.2 Å².